The van der Waals surface area contributed by atoms with E-state index in [2.05, 4.69) is 15.4 Å². The van der Waals surface area contributed by atoms with Gasteiger partial charge >= 0.3 is 0 Å². The smallest absolute Gasteiger partial charge is 0.211 e. The van der Waals surface area contributed by atoms with E-state index in [1.54, 1.807) is 35.3 Å². The first-order valence-electron chi connectivity index (χ1n) is 6.78. The van der Waals surface area contributed by atoms with Crippen LogP contribution in [0.15, 0.2) is 48.9 Å². The zero-order valence-electron chi connectivity index (χ0n) is 12.2. The Balaban J connectivity index is 1.84. The summed E-state index contributed by atoms with van der Waals surface area (Å²) < 4.78 is 21.2. The Hall–Kier alpha value is -3.22. The number of nitrogens with one attached hydrogen (secondary N) is 1. The molecule has 6 nitrogen and oxygen atoms in total. The number of benzene rings is 1. The third kappa shape index (κ3) is 3.34. The maximum absolute atomic E-state index is 14.0. The van der Waals surface area contributed by atoms with Crippen molar-refractivity contribution in [1.29, 1.82) is 0 Å². The molecule has 0 atom stereocenters. The highest BCUT2D eigenvalue weighted by atomic mass is 19.1. The minimum Gasteiger partial charge on any atom is -0.454 e. The number of nitrogens with zero attached hydrogens (tertiary/aromatic N) is 3. The highest BCUT2D eigenvalue weighted by molar-refractivity contribution is 5.71. The minimum atomic E-state index is -0.573. The molecule has 2 aromatic heterocycles. The molecule has 0 aliphatic heterocycles. The number of ether oxygens (including phenoxy) is 1. The van der Waals surface area contributed by atoms with Gasteiger partial charge in [-0.3, -0.25) is 14.5 Å². The Bertz CT molecular complexity index is 848. The zero-order chi connectivity index (χ0) is 16.2. The Morgan fingerprint density at radius 3 is 2.87 bits per heavy atom. The molecule has 0 bridgehead atoms. The van der Waals surface area contributed by atoms with Crippen LogP contribution in [0.4, 0.5) is 10.1 Å². The molecular formula is C16H13FN4O2. The van der Waals surface area contributed by atoms with E-state index in [0.717, 1.165) is 5.56 Å². The van der Waals surface area contributed by atoms with Crippen molar-refractivity contribution in [3.8, 4) is 22.8 Å². The van der Waals surface area contributed by atoms with Crippen LogP contribution in [0, 0.1) is 5.82 Å². The number of hydrogen-bond acceptors (Lipinski definition) is 4. The molecule has 0 saturated heterocycles. The molecule has 0 radical (unpaired) electrons. The summed E-state index contributed by atoms with van der Waals surface area (Å²) in [6, 6.07) is 7.53. The van der Waals surface area contributed by atoms with Crippen LogP contribution in [-0.4, -0.2) is 21.2 Å². The lowest BCUT2D eigenvalue weighted by Crippen LogP contribution is -1.96. The normalized spacial score (nSPS) is 10.3. The summed E-state index contributed by atoms with van der Waals surface area (Å²) in [7, 11) is 1.81. The van der Waals surface area contributed by atoms with Crippen molar-refractivity contribution in [1.82, 2.24) is 14.8 Å². The number of aryl methyl sites for hydroxylation is 1. The second-order valence-corrected chi connectivity index (χ2v) is 4.79. The monoisotopic (exact) mass is 312 g/mol. The van der Waals surface area contributed by atoms with Crippen molar-refractivity contribution in [2.75, 3.05) is 5.32 Å². The molecule has 1 N–H and O–H groups in total. The lowest BCUT2D eigenvalue weighted by molar-refractivity contribution is -0.105. The van der Waals surface area contributed by atoms with Crippen LogP contribution in [-0.2, 0) is 11.8 Å². The van der Waals surface area contributed by atoms with Crippen molar-refractivity contribution in [2.24, 2.45) is 7.05 Å². The zero-order valence-corrected chi connectivity index (χ0v) is 12.2. The number of rotatable bonds is 5. The summed E-state index contributed by atoms with van der Waals surface area (Å²) in [4.78, 5) is 14.6. The molecule has 3 rings (SSSR count). The van der Waals surface area contributed by atoms with Crippen molar-refractivity contribution < 1.29 is 13.9 Å². The molecule has 0 spiro atoms. The van der Waals surface area contributed by atoms with E-state index in [1.165, 1.54) is 12.1 Å². The van der Waals surface area contributed by atoms with Gasteiger partial charge in [0.05, 0.1) is 11.9 Å². The second kappa shape index (κ2) is 6.27. The van der Waals surface area contributed by atoms with Gasteiger partial charge in [0.25, 0.3) is 0 Å². The number of pyridine rings is 1. The molecule has 116 valence electrons. The highest BCUT2D eigenvalue weighted by Gasteiger charge is 2.08. The molecule has 0 unspecified atom stereocenters. The Labute approximate surface area is 131 Å². The van der Waals surface area contributed by atoms with E-state index < -0.39 is 5.82 Å². The van der Waals surface area contributed by atoms with E-state index in [9.17, 15) is 9.18 Å². The van der Waals surface area contributed by atoms with E-state index in [-0.39, 0.29) is 5.75 Å². The molecule has 23 heavy (non-hydrogen) atoms. The Kier molecular flexibility index (Phi) is 4.01. The molecule has 3 aromatic rings. The highest BCUT2D eigenvalue weighted by Crippen LogP contribution is 2.28. The molecule has 0 fully saturated rings. The van der Waals surface area contributed by atoms with Crippen molar-refractivity contribution >= 4 is 12.1 Å². The number of aromatic nitrogens is 3. The largest absolute Gasteiger partial charge is 0.454 e. The topological polar surface area (TPSA) is 69.0 Å². The molecule has 0 aliphatic rings. The fourth-order valence-corrected chi connectivity index (χ4v) is 2.05. The SMILES string of the molecule is Cn1cc(-c2cc(Oc3ccc(NC=O)cc3F)ccn2)cn1. The lowest BCUT2D eigenvalue weighted by atomic mass is 10.2. The summed E-state index contributed by atoms with van der Waals surface area (Å²) in [6.07, 6.45) is 5.58. The maximum atomic E-state index is 14.0. The van der Waals surface area contributed by atoms with Crippen LogP contribution >= 0.6 is 0 Å². The van der Waals surface area contributed by atoms with Crippen LogP contribution in [0.3, 0.4) is 0 Å². The van der Waals surface area contributed by atoms with Crippen LogP contribution < -0.4 is 10.1 Å². The van der Waals surface area contributed by atoms with Gasteiger partial charge in [-0.25, -0.2) is 4.39 Å². The first kappa shape index (κ1) is 14.7. The van der Waals surface area contributed by atoms with Crippen molar-refractivity contribution in [2.45, 2.75) is 0 Å². The van der Waals surface area contributed by atoms with Crippen molar-refractivity contribution in [3.63, 3.8) is 0 Å². The number of amides is 1. The van der Waals surface area contributed by atoms with E-state index in [4.69, 9.17) is 4.74 Å². The van der Waals surface area contributed by atoms with Gasteiger partial charge < -0.3 is 10.1 Å². The van der Waals surface area contributed by atoms with E-state index in [0.29, 0.717) is 23.5 Å². The van der Waals surface area contributed by atoms with Gasteiger partial charge in [0, 0.05) is 42.8 Å². The van der Waals surface area contributed by atoms with Gasteiger partial charge in [-0.1, -0.05) is 0 Å². The number of halogens is 1. The summed E-state index contributed by atoms with van der Waals surface area (Å²) in [5.41, 5.74) is 1.87. The van der Waals surface area contributed by atoms with Gasteiger partial charge in [0.1, 0.15) is 5.75 Å². The van der Waals surface area contributed by atoms with Crippen LogP contribution in [0.25, 0.3) is 11.3 Å². The van der Waals surface area contributed by atoms with Gasteiger partial charge in [-0.15, -0.1) is 0 Å². The average molecular weight is 312 g/mol. The fraction of sp³-hybridized carbons (Fsp3) is 0.0625. The molecular weight excluding hydrogens is 299 g/mol. The third-order valence-electron chi connectivity index (χ3n) is 3.12. The van der Waals surface area contributed by atoms with Crippen LogP contribution in [0.2, 0.25) is 0 Å². The quantitative estimate of drug-likeness (QED) is 0.735. The number of anilines is 1. The van der Waals surface area contributed by atoms with Gasteiger partial charge in [-0.05, 0) is 18.2 Å². The molecule has 0 saturated carbocycles. The summed E-state index contributed by atoms with van der Waals surface area (Å²) in [6.45, 7) is 0. The number of hydrogen-bond donors (Lipinski definition) is 1. The van der Waals surface area contributed by atoms with Crippen LogP contribution in [0.1, 0.15) is 0 Å². The van der Waals surface area contributed by atoms with Gasteiger partial charge in [0.15, 0.2) is 11.6 Å². The maximum Gasteiger partial charge on any atom is 0.211 e. The standard InChI is InChI=1S/C16H13FN4O2/c1-21-9-11(8-20-21)15-7-13(4-5-18-15)23-16-3-2-12(19-10-22)6-14(16)17/h2-10H,1H3,(H,19,22). The number of carbonyl (C=O) groups excluding carboxylic acids is 1. The second-order valence-electron chi connectivity index (χ2n) is 4.79. The predicted molar refractivity (Wildman–Crippen MR) is 82.6 cm³/mol. The van der Waals surface area contributed by atoms with E-state index >= 15 is 0 Å². The Morgan fingerprint density at radius 1 is 1.30 bits per heavy atom. The van der Waals surface area contributed by atoms with Crippen molar-refractivity contribution in [3.05, 3.63) is 54.7 Å². The van der Waals surface area contributed by atoms with E-state index in [1.807, 2.05) is 13.2 Å². The molecule has 0 aliphatic carbocycles. The van der Waals surface area contributed by atoms with Crippen LogP contribution in [0.5, 0.6) is 11.5 Å². The lowest BCUT2D eigenvalue weighted by Gasteiger charge is -2.08. The summed E-state index contributed by atoms with van der Waals surface area (Å²) >= 11 is 0. The first-order chi connectivity index (χ1) is 11.2. The van der Waals surface area contributed by atoms with Gasteiger partial charge in [0.2, 0.25) is 6.41 Å². The average Bonchev–Trinajstić information content (AvgIpc) is 2.97. The minimum absolute atomic E-state index is 0.0600. The van der Waals surface area contributed by atoms with Gasteiger partial charge in [-0.2, -0.15) is 5.10 Å². The predicted octanol–water partition coefficient (Wildman–Crippen LogP) is 2.98. The summed E-state index contributed by atoms with van der Waals surface area (Å²) in [5.74, 6) is -0.0600. The third-order valence-corrected chi connectivity index (χ3v) is 3.12. The molecule has 7 heteroatoms. The fourth-order valence-electron chi connectivity index (χ4n) is 2.05. The molecule has 2 heterocycles. The molecule has 1 amide bonds. The first-order valence-corrected chi connectivity index (χ1v) is 6.78. The Morgan fingerprint density at radius 2 is 2.17 bits per heavy atom. The molecule has 1 aromatic carbocycles. The number of carbonyl (C=O) groups is 1. The summed E-state index contributed by atoms with van der Waals surface area (Å²) in [5, 5.41) is 6.47.